The Balaban J connectivity index is 1.61. The Morgan fingerprint density at radius 2 is 1.12 bits per heavy atom. The number of esters is 2. The molecule has 0 unspecified atom stereocenters. The van der Waals surface area contributed by atoms with Crippen molar-refractivity contribution in [1.82, 2.24) is 4.90 Å². The van der Waals surface area contributed by atoms with Crippen LogP contribution in [0.1, 0.15) is 20.7 Å². The Kier molecular flexibility index (Phi) is 6.98. The molecule has 0 heterocycles. The van der Waals surface area contributed by atoms with Gasteiger partial charge in [0.15, 0.2) is 0 Å². The molecule has 0 aliphatic carbocycles. The monoisotopic (exact) mass is 327 g/mol. The maximum atomic E-state index is 11.8. The summed E-state index contributed by atoms with van der Waals surface area (Å²) in [6.07, 6.45) is 0. The van der Waals surface area contributed by atoms with Crippen LogP contribution in [0.4, 0.5) is 0 Å². The number of ether oxygens (including phenoxy) is 2. The third kappa shape index (κ3) is 5.85. The van der Waals surface area contributed by atoms with Crippen molar-refractivity contribution in [2.45, 2.75) is 0 Å². The Labute approximate surface area is 141 Å². The Hall–Kier alpha value is -2.66. The van der Waals surface area contributed by atoms with Crippen molar-refractivity contribution in [3.63, 3.8) is 0 Å². The van der Waals surface area contributed by atoms with Gasteiger partial charge in [0, 0.05) is 13.1 Å². The van der Waals surface area contributed by atoms with Gasteiger partial charge in [0.2, 0.25) is 0 Å². The van der Waals surface area contributed by atoms with Crippen molar-refractivity contribution in [3.8, 4) is 0 Å². The minimum absolute atomic E-state index is 0.289. The van der Waals surface area contributed by atoms with Gasteiger partial charge in [0.1, 0.15) is 13.2 Å². The van der Waals surface area contributed by atoms with Crippen molar-refractivity contribution in [1.29, 1.82) is 0 Å². The van der Waals surface area contributed by atoms with Crippen molar-refractivity contribution >= 4 is 11.9 Å². The van der Waals surface area contributed by atoms with Crippen LogP contribution in [0.25, 0.3) is 0 Å². The van der Waals surface area contributed by atoms with E-state index in [1.54, 1.807) is 48.5 Å². The second-order valence-corrected chi connectivity index (χ2v) is 5.31. The molecule has 0 aliphatic heterocycles. The smallest absolute Gasteiger partial charge is 0.338 e. The molecule has 2 aromatic carbocycles. The van der Waals surface area contributed by atoms with E-state index in [1.165, 1.54) is 0 Å². The summed E-state index contributed by atoms with van der Waals surface area (Å²) in [5.41, 5.74) is 1.08. The molecular weight excluding hydrogens is 306 g/mol. The number of likely N-dealkylation sites (N-methyl/N-ethyl adjacent to an activating group) is 1. The average Bonchev–Trinajstić information content (AvgIpc) is 2.63. The standard InChI is InChI=1S/C19H21NO4/c1-20(12-14-23-18(21)16-8-4-2-5-9-16)13-15-24-19(22)17-10-6-3-7-11-17/h2-11H,12-15H2,1H3. The highest BCUT2D eigenvalue weighted by atomic mass is 16.5. The first-order valence-corrected chi connectivity index (χ1v) is 7.79. The lowest BCUT2D eigenvalue weighted by Gasteiger charge is -2.16. The topological polar surface area (TPSA) is 55.8 Å². The number of carbonyl (C=O) groups is 2. The molecule has 0 atom stereocenters. The van der Waals surface area contributed by atoms with Crippen LogP contribution in [0, 0.1) is 0 Å². The third-order valence-corrected chi connectivity index (χ3v) is 3.43. The van der Waals surface area contributed by atoms with Gasteiger partial charge in [-0.05, 0) is 31.3 Å². The predicted octanol–water partition coefficient (Wildman–Crippen LogP) is 2.63. The lowest BCUT2D eigenvalue weighted by Crippen LogP contribution is -2.28. The molecule has 5 heteroatoms. The minimum atomic E-state index is -0.334. The molecule has 0 amide bonds. The molecule has 0 saturated heterocycles. The van der Waals surface area contributed by atoms with E-state index >= 15 is 0 Å². The number of hydrogen-bond donors (Lipinski definition) is 0. The van der Waals surface area contributed by atoms with E-state index in [9.17, 15) is 9.59 Å². The number of rotatable bonds is 8. The molecule has 0 aromatic heterocycles. The highest BCUT2D eigenvalue weighted by molar-refractivity contribution is 5.89. The SMILES string of the molecule is CN(CCOC(=O)c1ccccc1)CCOC(=O)c1ccccc1. The predicted molar refractivity (Wildman–Crippen MR) is 90.9 cm³/mol. The number of carbonyl (C=O) groups excluding carboxylic acids is 2. The number of hydrogen-bond acceptors (Lipinski definition) is 5. The molecule has 0 fully saturated rings. The van der Waals surface area contributed by atoms with Gasteiger partial charge in [-0.1, -0.05) is 36.4 Å². The fourth-order valence-electron chi connectivity index (χ4n) is 2.02. The van der Waals surface area contributed by atoms with Crippen molar-refractivity contribution in [3.05, 3.63) is 71.8 Å². The van der Waals surface area contributed by atoms with Gasteiger partial charge in [-0.25, -0.2) is 9.59 Å². The zero-order valence-corrected chi connectivity index (χ0v) is 13.7. The normalized spacial score (nSPS) is 10.4. The van der Waals surface area contributed by atoms with Crippen LogP contribution < -0.4 is 0 Å². The summed E-state index contributed by atoms with van der Waals surface area (Å²) in [5.74, 6) is -0.668. The van der Waals surface area contributed by atoms with Gasteiger partial charge < -0.3 is 9.47 Å². The zero-order chi connectivity index (χ0) is 17.2. The molecule has 0 N–H and O–H groups in total. The second-order valence-electron chi connectivity index (χ2n) is 5.31. The third-order valence-electron chi connectivity index (χ3n) is 3.43. The highest BCUT2D eigenvalue weighted by Crippen LogP contribution is 2.02. The van der Waals surface area contributed by atoms with Gasteiger partial charge in [-0.3, -0.25) is 4.90 Å². The van der Waals surface area contributed by atoms with Crippen molar-refractivity contribution in [2.75, 3.05) is 33.4 Å². The van der Waals surface area contributed by atoms with Crippen LogP contribution >= 0.6 is 0 Å². The Morgan fingerprint density at radius 3 is 1.50 bits per heavy atom. The van der Waals surface area contributed by atoms with Gasteiger partial charge >= 0.3 is 11.9 Å². The van der Waals surface area contributed by atoms with Crippen LogP contribution in [0.5, 0.6) is 0 Å². The van der Waals surface area contributed by atoms with Gasteiger partial charge in [0.25, 0.3) is 0 Å². The first-order chi connectivity index (χ1) is 11.7. The quantitative estimate of drug-likeness (QED) is 0.698. The van der Waals surface area contributed by atoms with Crippen molar-refractivity contribution < 1.29 is 19.1 Å². The maximum absolute atomic E-state index is 11.8. The molecule has 24 heavy (non-hydrogen) atoms. The largest absolute Gasteiger partial charge is 0.461 e. The molecule has 0 saturated carbocycles. The lowest BCUT2D eigenvalue weighted by molar-refractivity contribution is 0.0419. The average molecular weight is 327 g/mol. The van der Waals surface area contributed by atoms with Gasteiger partial charge in [-0.2, -0.15) is 0 Å². The summed E-state index contributed by atoms with van der Waals surface area (Å²) >= 11 is 0. The molecule has 126 valence electrons. The van der Waals surface area contributed by atoms with Crippen LogP contribution in [0.3, 0.4) is 0 Å². The van der Waals surface area contributed by atoms with Gasteiger partial charge in [0.05, 0.1) is 11.1 Å². The molecule has 0 bridgehead atoms. The first kappa shape index (κ1) is 17.7. The maximum Gasteiger partial charge on any atom is 0.338 e. The van der Waals surface area contributed by atoms with E-state index in [2.05, 4.69) is 0 Å². The lowest BCUT2D eigenvalue weighted by atomic mass is 10.2. The van der Waals surface area contributed by atoms with E-state index in [4.69, 9.17) is 9.47 Å². The first-order valence-electron chi connectivity index (χ1n) is 7.79. The highest BCUT2D eigenvalue weighted by Gasteiger charge is 2.08. The molecular formula is C19H21NO4. The Bertz CT molecular complexity index is 585. The fraction of sp³-hybridized carbons (Fsp3) is 0.263. The Morgan fingerprint density at radius 1 is 0.750 bits per heavy atom. The molecule has 0 radical (unpaired) electrons. The van der Waals surface area contributed by atoms with E-state index in [1.807, 2.05) is 24.1 Å². The van der Waals surface area contributed by atoms with Gasteiger partial charge in [-0.15, -0.1) is 0 Å². The van der Waals surface area contributed by atoms with Crippen LogP contribution in [-0.2, 0) is 9.47 Å². The van der Waals surface area contributed by atoms with E-state index in [0.29, 0.717) is 24.2 Å². The molecule has 0 aliphatic rings. The summed E-state index contributed by atoms with van der Waals surface area (Å²) in [6.45, 7) is 1.72. The molecule has 5 nitrogen and oxygen atoms in total. The minimum Gasteiger partial charge on any atom is -0.461 e. The zero-order valence-electron chi connectivity index (χ0n) is 13.7. The summed E-state index contributed by atoms with van der Waals surface area (Å²) < 4.78 is 10.4. The fourth-order valence-corrected chi connectivity index (χ4v) is 2.02. The number of benzene rings is 2. The molecule has 2 rings (SSSR count). The summed E-state index contributed by atoms with van der Waals surface area (Å²) in [6, 6.07) is 17.7. The van der Waals surface area contributed by atoms with E-state index < -0.39 is 0 Å². The van der Waals surface area contributed by atoms with E-state index in [-0.39, 0.29) is 25.2 Å². The number of nitrogens with zero attached hydrogens (tertiary/aromatic N) is 1. The van der Waals surface area contributed by atoms with Crippen molar-refractivity contribution in [2.24, 2.45) is 0 Å². The summed E-state index contributed by atoms with van der Waals surface area (Å²) in [5, 5.41) is 0. The summed E-state index contributed by atoms with van der Waals surface area (Å²) in [7, 11) is 1.88. The van der Waals surface area contributed by atoms with Crippen LogP contribution in [0.2, 0.25) is 0 Å². The molecule has 0 spiro atoms. The second kappa shape index (κ2) is 9.47. The van der Waals surface area contributed by atoms with Crippen LogP contribution in [-0.4, -0.2) is 50.2 Å². The van der Waals surface area contributed by atoms with E-state index in [0.717, 1.165) is 0 Å². The van der Waals surface area contributed by atoms with Crippen LogP contribution in [0.15, 0.2) is 60.7 Å². The molecule has 2 aromatic rings. The summed E-state index contributed by atoms with van der Waals surface area (Å²) in [4.78, 5) is 25.5.